The summed E-state index contributed by atoms with van der Waals surface area (Å²) in [7, 11) is 2.14. The SMILES string of the molecule is CCN1CCCC1CN(C)c1ccc2cnccc2c1N. The number of rotatable bonds is 4. The van der Waals surface area contributed by atoms with Gasteiger partial charge in [0.15, 0.2) is 0 Å². The second kappa shape index (κ2) is 5.90. The molecular formula is C17H24N4. The summed E-state index contributed by atoms with van der Waals surface area (Å²) in [6, 6.07) is 6.87. The summed E-state index contributed by atoms with van der Waals surface area (Å²) < 4.78 is 0. The number of nitrogens with zero attached hydrogens (tertiary/aromatic N) is 3. The highest BCUT2D eigenvalue weighted by atomic mass is 15.2. The molecule has 2 aromatic rings. The lowest BCUT2D eigenvalue weighted by atomic mass is 10.1. The van der Waals surface area contributed by atoms with Crippen molar-refractivity contribution < 1.29 is 0 Å². The Labute approximate surface area is 126 Å². The van der Waals surface area contributed by atoms with Crippen LogP contribution in [0, 0.1) is 0 Å². The van der Waals surface area contributed by atoms with E-state index in [0.717, 1.165) is 35.2 Å². The molecule has 3 rings (SSSR count). The van der Waals surface area contributed by atoms with Crippen molar-refractivity contribution in [1.29, 1.82) is 0 Å². The van der Waals surface area contributed by atoms with E-state index >= 15 is 0 Å². The molecule has 1 atom stereocenters. The van der Waals surface area contributed by atoms with Gasteiger partial charge in [0.25, 0.3) is 0 Å². The molecule has 1 unspecified atom stereocenters. The van der Waals surface area contributed by atoms with E-state index in [1.807, 2.05) is 12.3 Å². The minimum absolute atomic E-state index is 0.646. The third kappa shape index (κ3) is 2.68. The molecule has 0 saturated carbocycles. The summed E-state index contributed by atoms with van der Waals surface area (Å²) in [4.78, 5) is 9.02. The van der Waals surface area contributed by atoms with Crippen LogP contribution in [-0.2, 0) is 0 Å². The van der Waals surface area contributed by atoms with E-state index in [0.29, 0.717) is 6.04 Å². The largest absolute Gasteiger partial charge is 0.397 e. The molecule has 21 heavy (non-hydrogen) atoms. The van der Waals surface area contributed by atoms with Crippen molar-refractivity contribution in [2.75, 3.05) is 37.3 Å². The standard InChI is InChI=1S/C17H24N4/c1-3-21-10-4-5-14(21)12-20(2)16-7-6-13-11-19-9-8-15(13)17(16)18/h6-9,11,14H,3-5,10,12,18H2,1-2H3. The number of fused-ring (bicyclic) bond motifs is 1. The Morgan fingerprint density at radius 1 is 1.38 bits per heavy atom. The van der Waals surface area contributed by atoms with Gasteiger partial charge in [0.05, 0.1) is 11.4 Å². The predicted octanol–water partition coefficient (Wildman–Crippen LogP) is 2.74. The van der Waals surface area contributed by atoms with Crippen molar-refractivity contribution in [1.82, 2.24) is 9.88 Å². The predicted molar refractivity (Wildman–Crippen MR) is 89.7 cm³/mol. The molecule has 112 valence electrons. The van der Waals surface area contributed by atoms with Crippen LogP contribution in [0.4, 0.5) is 11.4 Å². The van der Waals surface area contributed by atoms with E-state index in [4.69, 9.17) is 5.73 Å². The maximum atomic E-state index is 6.38. The van der Waals surface area contributed by atoms with Crippen LogP contribution in [0.25, 0.3) is 10.8 Å². The molecule has 0 aliphatic carbocycles. The molecule has 1 aliphatic rings. The molecule has 1 aliphatic heterocycles. The van der Waals surface area contributed by atoms with Crippen LogP contribution in [0.3, 0.4) is 0 Å². The summed E-state index contributed by atoms with van der Waals surface area (Å²) in [6.07, 6.45) is 6.27. The molecule has 0 radical (unpaired) electrons. The van der Waals surface area contributed by atoms with Gasteiger partial charge in [0, 0.05) is 42.8 Å². The lowest BCUT2D eigenvalue weighted by molar-refractivity contribution is 0.270. The number of likely N-dealkylation sites (tertiary alicyclic amines) is 1. The van der Waals surface area contributed by atoms with Gasteiger partial charge in [0.1, 0.15) is 0 Å². The summed E-state index contributed by atoms with van der Waals surface area (Å²) in [5.74, 6) is 0. The van der Waals surface area contributed by atoms with Crippen LogP contribution in [0.15, 0.2) is 30.6 Å². The zero-order chi connectivity index (χ0) is 14.8. The molecule has 4 heteroatoms. The lowest BCUT2D eigenvalue weighted by Crippen LogP contribution is -2.38. The third-order valence-corrected chi connectivity index (χ3v) is 4.64. The number of likely N-dealkylation sites (N-methyl/N-ethyl adjacent to an activating group) is 2. The van der Waals surface area contributed by atoms with E-state index in [9.17, 15) is 0 Å². The second-order valence-electron chi connectivity index (χ2n) is 5.90. The highest BCUT2D eigenvalue weighted by Crippen LogP contribution is 2.31. The Balaban J connectivity index is 1.84. The Hall–Kier alpha value is -1.81. The number of nitrogen functional groups attached to an aromatic ring is 1. The van der Waals surface area contributed by atoms with Crippen molar-refractivity contribution in [3.63, 3.8) is 0 Å². The van der Waals surface area contributed by atoms with Gasteiger partial charge < -0.3 is 10.6 Å². The first kappa shape index (κ1) is 14.1. The van der Waals surface area contributed by atoms with Gasteiger partial charge in [0.2, 0.25) is 0 Å². The van der Waals surface area contributed by atoms with E-state index in [1.165, 1.54) is 19.4 Å². The number of nitrogens with two attached hydrogens (primary N) is 1. The zero-order valence-corrected chi connectivity index (χ0v) is 12.9. The van der Waals surface area contributed by atoms with Crippen LogP contribution < -0.4 is 10.6 Å². The molecule has 4 nitrogen and oxygen atoms in total. The fraction of sp³-hybridized carbons (Fsp3) is 0.471. The van der Waals surface area contributed by atoms with Crippen LogP contribution in [0.5, 0.6) is 0 Å². The van der Waals surface area contributed by atoms with Crippen molar-refractivity contribution in [3.8, 4) is 0 Å². The number of pyridine rings is 1. The fourth-order valence-electron chi connectivity index (χ4n) is 3.45. The molecule has 2 heterocycles. The van der Waals surface area contributed by atoms with E-state index in [1.54, 1.807) is 6.20 Å². The van der Waals surface area contributed by atoms with Crippen molar-refractivity contribution >= 4 is 22.1 Å². The van der Waals surface area contributed by atoms with Crippen LogP contribution in [-0.4, -0.2) is 42.6 Å². The quantitative estimate of drug-likeness (QED) is 0.877. The Morgan fingerprint density at radius 3 is 3.05 bits per heavy atom. The van der Waals surface area contributed by atoms with Crippen molar-refractivity contribution in [2.24, 2.45) is 0 Å². The fourth-order valence-corrected chi connectivity index (χ4v) is 3.45. The monoisotopic (exact) mass is 284 g/mol. The molecular weight excluding hydrogens is 260 g/mol. The minimum Gasteiger partial charge on any atom is -0.397 e. The Kier molecular flexibility index (Phi) is 3.97. The lowest BCUT2D eigenvalue weighted by Gasteiger charge is -2.30. The van der Waals surface area contributed by atoms with Gasteiger partial charge in [-0.25, -0.2) is 0 Å². The average molecular weight is 284 g/mol. The highest BCUT2D eigenvalue weighted by molar-refractivity contribution is 5.98. The van der Waals surface area contributed by atoms with Crippen LogP contribution in [0.1, 0.15) is 19.8 Å². The first-order chi connectivity index (χ1) is 10.2. The molecule has 2 N–H and O–H groups in total. The normalized spacial score (nSPS) is 19.2. The molecule has 1 aromatic carbocycles. The highest BCUT2D eigenvalue weighted by Gasteiger charge is 2.24. The average Bonchev–Trinajstić information content (AvgIpc) is 2.95. The topological polar surface area (TPSA) is 45.4 Å². The smallest absolute Gasteiger partial charge is 0.0632 e. The van der Waals surface area contributed by atoms with Crippen molar-refractivity contribution in [2.45, 2.75) is 25.8 Å². The number of benzene rings is 1. The maximum Gasteiger partial charge on any atom is 0.0632 e. The summed E-state index contributed by atoms with van der Waals surface area (Å²) in [5.41, 5.74) is 8.36. The van der Waals surface area contributed by atoms with E-state index < -0.39 is 0 Å². The van der Waals surface area contributed by atoms with Crippen molar-refractivity contribution in [3.05, 3.63) is 30.6 Å². The third-order valence-electron chi connectivity index (χ3n) is 4.64. The summed E-state index contributed by atoms with van der Waals surface area (Å²) >= 11 is 0. The number of aromatic nitrogens is 1. The molecule has 0 spiro atoms. The Bertz CT molecular complexity index is 625. The van der Waals surface area contributed by atoms with Gasteiger partial charge in [-0.15, -0.1) is 0 Å². The first-order valence-electron chi connectivity index (χ1n) is 7.78. The maximum absolute atomic E-state index is 6.38. The van der Waals surface area contributed by atoms with Gasteiger partial charge in [-0.2, -0.15) is 0 Å². The summed E-state index contributed by atoms with van der Waals surface area (Å²) in [6.45, 7) is 5.65. The number of hydrogen-bond acceptors (Lipinski definition) is 4. The van der Waals surface area contributed by atoms with Crippen LogP contribution in [0.2, 0.25) is 0 Å². The molecule has 1 aromatic heterocycles. The second-order valence-corrected chi connectivity index (χ2v) is 5.90. The Morgan fingerprint density at radius 2 is 2.24 bits per heavy atom. The molecule has 1 saturated heterocycles. The molecule has 0 bridgehead atoms. The first-order valence-corrected chi connectivity index (χ1v) is 7.78. The van der Waals surface area contributed by atoms with E-state index in [2.05, 4.69) is 40.9 Å². The van der Waals surface area contributed by atoms with Crippen LogP contribution >= 0.6 is 0 Å². The zero-order valence-electron chi connectivity index (χ0n) is 12.9. The number of anilines is 2. The van der Waals surface area contributed by atoms with Gasteiger partial charge in [-0.05, 0) is 38.1 Å². The minimum atomic E-state index is 0.646. The van der Waals surface area contributed by atoms with Gasteiger partial charge in [-0.3, -0.25) is 9.88 Å². The number of hydrogen-bond donors (Lipinski definition) is 1. The van der Waals surface area contributed by atoms with Gasteiger partial charge in [-0.1, -0.05) is 13.0 Å². The van der Waals surface area contributed by atoms with E-state index in [-0.39, 0.29) is 0 Å². The molecule has 1 fully saturated rings. The summed E-state index contributed by atoms with van der Waals surface area (Å²) in [5, 5.41) is 2.19. The molecule has 0 amide bonds. The van der Waals surface area contributed by atoms with Gasteiger partial charge >= 0.3 is 0 Å².